The van der Waals surface area contributed by atoms with Crippen molar-refractivity contribution in [1.82, 2.24) is 0 Å². The van der Waals surface area contributed by atoms with Crippen LogP contribution in [0.4, 0.5) is 0 Å². The molecule has 5 heteroatoms. The Morgan fingerprint density at radius 1 is 1.50 bits per heavy atom. The lowest BCUT2D eigenvalue weighted by atomic mass is 10.1. The summed E-state index contributed by atoms with van der Waals surface area (Å²) in [5.74, 6) is 0.399. The van der Waals surface area contributed by atoms with Crippen LogP contribution in [-0.2, 0) is 20.3 Å². The second-order valence-corrected chi connectivity index (χ2v) is 5.99. The minimum absolute atomic E-state index is 0.150. The van der Waals surface area contributed by atoms with E-state index < -0.39 is 16.8 Å². The number of hydrogen-bond acceptors (Lipinski definition) is 3. The summed E-state index contributed by atoms with van der Waals surface area (Å²) in [5.41, 5.74) is -0.150. The number of aliphatic carboxylic acids is 1. The predicted molar refractivity (Wildman–Crippen MR) is 62.9 cm³/mol. The van der Waals surface area contributed by atoms with Gasteiger partial charge in [-0.2, -0.15) is 0 Å². The molecule has 94 valence electrons. The Morgan fingerprint density at radius 3 is 2.69 bits per heavy atom. The van der Waals surface area contributed by atoms with Crippen molar-refractivity contribution < 1.29 is 18.8 Å². The third kappa shape index (κ3) is 5.07. The van der Waals surface area contributed by atoms with Crippen LogP contribution >= 0.6 is 0 Å². The molecule has 0 aromatic carbocycles. The molecule has 0 aliphatic heterocycles. The number of hydrogen-bond donors (Lipinski definition) is 1. The van der Waals surface area contributed by atoms with Crippen molar-refractivity contribution in [2.75, 3.05) is 24.7 Å². The Hall–Kier alpha value is -0.420. The molecule has 0 saturated heterocycles. The van der Waals surface area contributed by atoms with Crippen LogP contribution in [0.5, 0.6) is 0 Å². The van der Waals surface area contributed by atoms with Crippen LogP contribution < -0.4 is 0 Å². The van der Waals surface area contributed by atoms with Crippen LogP contribution in [0.3, 0.4) is 0 Å². The molecular weight excluding hydrogens is 228 g/mol. The van der Waals surface area contributed by atoms with E-state index in [1.807, 2.05) is 6.92 Å². The molecule has 0 bridgehead atoms. The minimum Gasteiger partial charge on any atom is -0.481 e. The summed E-state index contributed by atoms with van der Waals surface area (Å²) in [6, 6.07) is 0. The molecule has 1 fully saturated rings. The molecule has 1 saturated carbocycles. The van der Waals surface area contributed by atoms with Gasteiger partial charge in [-0.15, -0.1) is 0 Å². The predicted octanol–water partition coefficient (Wildman–Crippen LogP) is 1.42. The zero-order valence-electron chi connectivity index (χ0n) is 9.74. The third-order valence-corrected chi connectivity index (χ3v) is 4.49. The van der Waals surface area contributed by atoms with Crippen LogP contribution in [0.1, 0.15) is 32.6 Å². The van der Waals surface area contributed by atoms with Crippen LogP contribution in [0.15, 0.2) is 0 Å². The standard InChI is InChI=1S/C11H20O4S/c1-2-15-6-3-7-16(14)9-11(4-5-11)8-10(12)13/h2-9H2,1H3,(H,12,13). The van der Waals surface area contributed by atoms with E-state index in [2.05, 4.69) is 0 Å². The quantitative estimate of drug-likeness (QED) is 0.627. The maximum absolute atomic E-state index is 11.7. The average molecular weight is 248 g/mol. The first kappa shape index (κ1) is 13.6. The van der Waals surface area contributed by atoms with Gasteiger partial charge < -0.3 is 9.84 Å². The fraction of sp³-hybridized carbons (Fsp3) is 0.909. The van der Waals surface area contributed by atoms with Gasteiger partial charge in [0.05, 0.1) is 6.42 Å². The van der Waals surface area contributed by atoms with E-state index in [0.29, 0.717) is 24.7 Å². The van der Waals surface area contributed by atoms with Crippen molar-refractivity contribution in [2.24, 2.45) is 5.41 Å². The van der Waals surface area contributed by atoms with Gasteiger partial charge in [0.2, 0.25) is 0 Å². The highest BCUT2D eigenvalue weighted by Crippen LogP contribution is 2.49. The molecule has 0 aromatic heterocycles. The number of carboxylic acids is 1. The first-order valence-electron chi connectivity index (χ1n) is 5.72. The van der Waals surface area contributed by atoms with Crippen LogP contribution in [0.25, 0.3) is 0 Å². The summed E-state index contributed by atoms with van der Waals surface area (Å²) >= 11 is 0. The molecule has 0 aromatic rings. The number of carbonyl (C=O) groups is 1. The van der Waals surface area contributed by atoms with Crippen molar-refractivity contribution in [3.63, 3.8) is 0 Å². The van der Waals surface area contributed by atoms with Gasteiger partial charge in [-0.25, -0.2) is 0 Å². The smallest absolute Gasteiger partial charge is 0.303 e. The fourth-order valence-corrected chi connectivity index (χ4v) is 3.41. The van der Waals surface area contributed by atoms with Crippen LogP contribution in [0.2, 0.25) is 0 Å². The summed E-state index contributed by atoms with van der Waals surface area (Å²) in [7, 11) is -0.890. The van der Waals surface area contributed by atoms with Crippen LogP contribution in [-0.4, -0.2) is 40.0 Å². The van der Waals surface area contributed by atoms with Crippen LogP contribution in [0, 0.1) is 5.41 Å². The van der Waals surface area contributed by atoms with Gasteiger partial charge in [0.15, 0.2) is 0 Å². The van der Waals surface area contributed by atoms with E-state index in [9.17, 15) is 9.00 Å². The van der Waals surface area contributed by atoms with Gasteiger partial charge in [-0.1, -0.05) is 0 Å². The van der Waals surface area contributed by atoms with Gasteiger partial charge in [-0.3, -0.25) is 9.00 Å². The van der Waals surface area contributed by atoms with E-state index in [1.54, 1.807) is 0 Å². The highest BCUT2D eigenvalue weighted by atomic mass is 32.2. The highest BCUT2D eigenvalue weighted by molar-refractivity contribution is 7.85. The molecule has 16 heavy (non-hydrogen) atoms. The summed E-state index contributed by atoms with van der Waals surface area (Å²) in [4.78, 5) is 10.6. The average Bonchev–Trinajstić information content (AvgIpc) is 2.91. The molecule has 1 aliphatic carbocycles. The fourth-order valence-electron chi connectivity index (χ4n) is 1.75. The summed E-state index contributed by atoms with van der Waals surface area (Å²) < 4.78 is 16.9. The lowest BCUT2D eigenvalue weighted by Gasteiger charge is -2.11. The zero-order chi connectivity index (χ0) is 12.0. The van der Waals surface area contributed by atoms with Gasteiger partial charge >= 0.3 is 5.97 Å². The zero-order valence-corrected chi connectivity index (χ0v) is 10.6. The molecule has 0 amide bonds. The molecule has 1 rings (SSSR count). The lowest BCUT2D eigenvalue weighted by molar-refractivity contribution is -0.138. The monoisotopic (exact) mass is 248 g/mol. The Morgan fingerprint density at radius 2 is 2.19 bits per heavy atom. The molecular formula is C11H20O4S. The van der Waals surface area contributed by atoms with Gasteiger partial charge in [-0.05, 0) is 31.6 Å². The largest absolute Gasteiger partial charge is 0.481 e. The van der Waals surface area contributed by atoms with E-state index >= 15 is 0 Å². The summed E-state index contributed by atoms with van der Waals surface area (Å²) in [5, 5.41) is 8.73. The highest BCUT2D eigenvalue weighted by Gasteiger charge is 2.45. The van der Waals surface area contributed by atoms with Crippen molar-refractivity contribution in [1.29, 1.82) is 0 Å². The first-order chi connectivity index (χ1) is 7.58. The normalized spacial score (nSPS) is 19.3. The Balaban J connectivity index is 2.16. The number of ether oxygens (including phenoxy) is 1. The van der Waals surface area contributed by atoms with Gasteiger partial charge in [0.25, 0.3) is 0 Å². The van der Waals surface area contributed by atoms with E-state index in [1.165, 1.54) is 0 Å². The molecule has 4 nitrogen and oxygen atoms in total. The molecule has 1 aliphatic rings. The van der Waals surface area contributed by atoms with E-state index in [0.717, 1.165) is 19.3 Å². The molecule has 1 N–H and O–H groups in total. The molecule has 0 heterocycles. The van der Waals surface area contributed by atoms with Gasteiger partial charge in [0, 0.05) is 35.5 Å². The minimum atomic E-state index is -0.890. The Bertz CT molecular complexity index is 261. The van der Waals surface area contributed by atoms with E-state index in [4.69, 9.17) is 9.84 Å². The second kappa shape index (κ2) is 6.35. The van der Waals surface area contributed by atoms with E-state index in [-0.39, 0.29) is 11.8 Å². The lowest BCUT2D eigenvalue weighted by Crippen LogP contribution is -2.18. The van der Waals surface area contributed by atoms with Crippen molar-refractivity contribution >= 4 is 16.8 Å². The maximum Gasteiger partial charge on any atom is 0.303 e. The number of carboxylic acid groups (broad SMARTS) is 1. The van der Waals surface area contributed by atoms with Crippen molar-refractivity contribution in [3.8, 4) is 0 Å². The Labute approximate surface area is 98.8 Å². The Kier molecular flexibility index (Phi) is 5.41. The maximum atomic E-state index is 11.7. The van der Waals surface area contributed by atoms with Gasteiger partial charge in [0.1, 0.15) is 0 Å². The third-order valence-electron chi connectivity index (χ3n) is 2.82. The SMILES string of the molecule is CCOCCCS(=O)CC1(CC(=O)O)CC1. The molecule has 1 unspecified atom stereocenters. The molecule has 0 spiro atoms. The summed E-state index contributed by atoms with van der Waals surface area (Å²) in [6.07, 6.45) is 2.79. The second-order valence-electron chi connectivity index (χ2n) is 4.41. The first-order valence-corrected chi connectivity index (χ1v) is 7.21. The topological polar surface area (TPSA) is 63.6 Å². The van der Waals surface area contributed by atoms with Crippen molar-refractivity contribution in [2.45, 2.75) is 32.6 Å². The molecule has 0 radical (unpaired) electrons. The summed E-state index contributed by atoms with van der Waals surface area (Å²) in [6.45, 7) is 3.27. The molecule has 1 atom stereocenters. The number of rotatable bonds is 9. The van der Waals surface area contributed by atoms with Crippen molar-refractivity contribution in [3.05, 3.63) is 0 Å².